The lowest BCUT2D eigenvalue weighted by Crippen LogP contribution is -2.50. The molecule has 2 saturated heterocycles. The van der Waals surface area contributed by atoms with Crippen LogP contribution in [0.1, 0.15) is 105 Å². The van der Waals surface area contributed by atoms with Crippen molar-refractivity contribution in [3.05, 3.63) is 83.6 Å². The molecule has 308 valence electrons. The van der Waals surface area contributed by atoms with E-state index in [2.05, 4.69) is 79.9 Å². The van der Waals surface area contributed by atoms with Crippen molar-refractivity contribution in [1.29, 1.82) is 0 Å². The van der Waals surface area contributed by atoms with E-state index in [0.717, 1.165) is 59.6 Å². The van der Waals surface area contributed by atoms with Gasteiger partial charge >= 0.3 is 12.2 Å². The number of alkyl carbamates (subject to hydrolysis) is 2. The number of ether oxygens (including phenoxy) is 2. The molecule has 5 N–H and O–H groups in total. The Labute approximate surface area is 343 Å². The average molecular weight is 801 g/mol. The summed E-state index contributed by atoms with van der Waals surface area (Å²) in [7, 11) is 2.60. The first-order valence-electron chi connectivity index (χ1n) is 20.9. The van der Waals surface area contributed by atoms with Crippen LogP contribution < -0.4 is 10.6 Å². The van der Waals surface area contributed by atoms with Gasteiger partial charge in [-0.2, -0.15) is 0 Å². The first kappa shape index (κ1) is 38.8. The fourth-order valence-corrected chi connectivity index (χ4v) is 10.2. The molecule has 14 nitrogen and oxygen atoms in total. The van der Waals surface area contributed by atoms with Gasteiger partial charge in [0.1, 0.15) is 23.9 Å². The van der Waals surface area contributed by atoms with Crippen LogP contribution in [0.3, 0.4) is 0 Å². The van der Waals surface area contributed by atoms with Crippen molar-refractivity contribution >= 4 is 29.1 Å². The number of likely N-dealkylation sites (tertiary alicyclic amines) is 2. The second kappa shape index (κ2) is 15.8. The van der Waals surface area contributed by atoms with Gasteiger partial charge in [0.05, 0.1) is 55.3 Å². The Bertz CT molecular complexity index is 2390. The highest BCUT2D eigenvalue weighted by Gasteiger charge is 2.41. The van der Waals surface area contributed by atoms with Gasteiger partial charge < -0.3 is 40.1 Å². The summed E-state index contributed by atoms with van der Waals surface area (Å²) in [5, 5.41) is 16.4. The number of imidazole rings is 2. The van der Waals surface area contributed by atoms with Crippen LogP contribution in [0.4, 0.5) is 9.59 Å². The summed E-state index contributed by atoms with van der Waals surface area (Å²) >= 11 is 0. The summed E-state index contributed by atoms with van der Waals surface area (Å²) in [5.41, 5.74) is 11.7. The molecule has 0 spiro atoms. The predicted octanol–water partition coefficient (Wildman–Crippen LogP) is 7.26. The number of hydrogen-bond donors (Lipinski definition) is 5. The Hall–Kier alpha value is -5.73. The highest BCUT2D eigenvalue weighted by molar-refractivity contribution is 5.87. The number of benzene rings is 3. The second-order valence-corrected chi connectivity index (χ2v) is 16.6. The number of nitrogens with zero attached hydrogens (tertiary/aromatic N) is 4. The molecule has 1 saturated carbocycles. The van der Waals surface area contributed by atoms with Crippen molar-refractivity contribution in [1.82, 2.24) is 40.4 Å². The third-order valence-electron chi connectivity index (χ3n) is 13.1. The zero-order valence-corrected chi connectivity index (χ0v) is 34.0. The smallest absolute Gasteiger partial charge is 0.407 e. The number of methoxy groups -OCH3 is 2. The van der Waals surface area contributed by atoms with Crippen molar-refractivity contribution < 1.29 is 29.0 Å². The van der Waals surface area contributed by atoms with Gasteiger partial charge in [-0.15, -0.1) is 0 Å². The summed E-state index contributed by atoms with van der Waals surface area (Å²) < 4.78 is 9.42. The van der Waals surface area contributed by atoms with Crippen molar-refractivity contribution in [3.63, 3.8) is 0 Å². The Morgan fingerprint density at radius 2 is 1.42 bits per heavy atom. The molecular formula is C45H52N8O6. The maximum Gasteiger partial charge on any atom is 0.407 e. The summed E-state index contributed by atoms with van der Waals surface area (Å²) in [6.07, 6.45) is 6.81. The fraction of sp³-hybridized carbons (Fsp3) is 0.444. The van der Waals surface area contributed by atoms with Crippen molar-refractivity contribution in [2.75, 3.05) is 27.3 Å². The van der Waals surface area contributed by atoms with Gasteiger partial charge in [0, 0.05) is 13.1 Å². The number of H-pyrrole nitrogens is 2. The molecule has 3 fully saturated rings. The third kappa shape index (κ3) is 7.11. The van der Waals surface area contributed by atoms with Crippen LogP contribution in [0.25, 0.3) is 44.5 Å². The maximum atomic E-state index is 13.2. The Morgan fingerprint density at radius 1 is 0.780 bits per heavy atom. The van der Waals surface area contributed by atoms with Crippen LogP contribution in [0.15, 0.2) is 60.8 Å². The van der Waals surface area contributed by atoms with Gasteiger partial charge in [-0.3, -0.25) is 9.69 Å². The zero-order chi connectivity index (χ0) is 40.9. The number of rotatable bonds is 10. The normalized spacial score (nSPS) is 22.6. The first-order valence-corrected chi connectivity index (χ1v) is 20.9. The van der Waals surface area contributed by atoms with Gasteiger partial charge in [0.25, 0.3) is 0 Å². The molecule has 2 aliphatic heterocycles. The molecule has 5 aromatic rings. The number of nitrogens with one attached hydrogen (secondary N) is 4. The highest BCUT2D eigenvalue weighted by atomic mass is 16.5. The lowest BCUT2D eigenvalue weighted by Gasteiger charge is -2.32. The van der Waals surface area contributed by atoms with Gasteiger partial charge in [-0.05, 0) is 122 Å². The second-order valence-electron chi connectivity index (χ2n) is 16.6. The van der Waals surface area contributed by atoms with E-state index in [1.54, 1.807) is 18.7 Å². The van der Waals surface area contributed by atoms with Crippen LogP contribution in [-0.2, 0) is 14.3 Å². The number of amides is 3. The number of hydrogen-bond acceptors (Lipinski definition) is 9. The molecule has 4 heterocycles. The van der Waals surface area contributed by atoms with E-state index < -0.39 is 30.5 Å². The molecule has 7 atom stereocenters. The minimum absolute atomic E-state index is 0.0934. The van der Waals surface area contributed by atoms with Gasteiger partial charge in [0.2, 0.25) is 5.91 Å². The maximum absolute atomic E-state index is 13.2. The SMILES string of the molecule is COC(=O)N[C@@H](C)C(=O)N1CCC[C@H]1c1ncc(-c2ccc(-c3ccc(-c4ccc5nc([C@@H]6CCCN6C(O)[C@H](C)NC(=O)OC)[nH]c5c4)c4c3C3CCC4C3)cc2)[nH]1. The van der Waals surface area contributed by atoms with E-state index in [4.69, 9.17) is 14.7 Å². The van der Waals surface area contributed by atoms with E-state index in [9.17, 15) is 19.5 Å². The van der Waals surface area contributed by atoms with Crippen molar-refractivity contribution in [2.45, 2.75) is 101 Å². The lowest BCUT2D eigenvalue weighted by atomic mass is 9.81. The molecule has 3 unspecified atom stereocenters. The molecule has 2 aromatic heterocycles. The molecule has 4 aliphatic rings. The number of aromatic nitrogens is 4. The Balaban J connectivity index is 0.947. The molecular weight excluding hydrogens is 749 g/mol. The summed E-state index contributed by atoms with van der Waals surface area (Å²) in [6, 6.07) is 18.3. The first-order chi connectivity index (χ1) is 28.6. The average Bonchev–Trinajstić information content (AvgIpc) is 4.12. The number of aliphatic hydroxyl groups is 1. The van der Waals surface area contributed by atoms with Gasteiger partial charge in [-0.1, -0.05) is 42.5 Å². The molecule has 14 heteroatoms. The fourth-order valence-electron chi connectivity index (χ4n) is 10.2. The molecule has 9 rings (SSSR count). The summed E-state index contributed by atoms with van der Waals surface area (Å²) in [6.45, 7) is 4.76. The van der Waals surface area contributed by atoms with E-state index >= 15 is 0 Å². The number of carbonyl (C=O) groups excluding carboxylic acids is 3. The number of fused-ring (bicyclic) bond motifs is 6. The molecule has 3 aromatic carbocycles. The van der Waals surface area contributed by atoms with Crippen molar-refractivity contribution in [3.8, 4) is 33.5 Å². The summed E-state index contributed by atoms with van der Waals surface area (Å²) in [5.74, 6) is 2.49. The molecule has 59 heavy (non-hydrogen) atoms. The molecule has 0 radical (unpaired) electrons. The molecule has 3 amide bonds. The largest absolute Gasteiger partial charge is 0.453 e. The van der Waals surface area contributed by atoms with Crippen LogP contribution in [0, 0.1) is 0 Å². The van der Waals surface area contributed by atoms with Crippen LogP contribution in [-0.4, -0.2) is 98.6 Å². The van der Waals surface area contributed by atoms with Crippen LogP contribution in [0.2, 0.25) is 0 Å². The number of aliphatic hydroxyl groups excluding tert-OH is 1. The zero-order valence-electron chi connectivity index (χ0n) is 34.0. The van der Waals surface area contributed by atoms with E-state index in [0.29, 0.717) is 24.9 Å². The van der Waals surface area contributed by atoms with Gasteiger partial charge in [0.15, 0.2) is 0 Å². The highest BCUT2D eigenvalue weighted by Crippen LogP contribution is 2.58. The number of aromatic amines is 2. The Morgan fingerprint density at radius 3 is 2.15 bits per heavy atom. The minimum Gasteiger partial charge on any atom is -0.453 e. The van der Waals surface area contributed by atoms with E-state index in [1.165, 1.54) is 66.9 Å². The van der Waals surface area contributed by atoms with Crippen LogP contribution in [0.5, 0.6) is 0 Å². The quantitative estimate of drug-likeness (QED) is 0.0973. The van der Waals surface area contributed by atoms with Gasteiger partial charge in [-0.25, -0.2) is 19.6 Å². The topological polar surface area (TPSA) is 178 Å². The monoisotopic (exact) mass is 800 g/mol. The summed E-state index contributed by atoms with van der Waals surface area (Å²) in [4.78, 5) is 57.3. The van der Waals surface area contributed by atoms with E-state index in [-0.39, 0.29) is 18.0 Å². The van der Waals surface area contributed by atoms with E-state index in [1.807, 2.05) is 11.1 Å². The lowest BCUT2D eigenvalue weighted by molar-refractivity contribution is -0.134. The molecule has 2 bridgehead atoms. The van der Waals surface area contributed by atoms with Crippen LogP contribution >= 0.6 is 0 Å². The number of carbonyl (C=O) groups is 3. The minimum atomic E-state index is -0.878. The Kier molecular flexibility index (Phi) is 10.4. The van der Waals surface area contributed by atoms with Crippen molar-refractivity contribution in [2.24, 2.45) is 0 Å². The standard InChI is InChI=1S/C45H52N8O6/c1-24(47-44(56)58-3)42(54)52-19-5-7-36(52)40-46-23-35(51-40)27-11-9-26(10-12-27)31-16-17-32(39-30-14-13-29(21-30)38(31)39)28-15-18-33-34(22-28)50-41(49-33)37-8-6-20-53(37)43(55)25(2)48-45(57)59-4/h9-12,15-18,22-25,29-30,36-37,43,55H,5-8,13-14,19-21H2,1-4H3,(H,46,51)(H,47,56)(H,48,57)(H,49,50)/t24-,25-,29?,30?,36-,37-,43?/m0/s1. The molecule has 2 aliphatic carbocycles. The third-order valence-corrected chi connectivity index (χ3v) is 13.1. The predicted molar refractivity (Wildman–Crippen MR) is 222 cm³/mol.